The Morgan fingerprint density at radius 1 is 1.33 bits per heavy atom. The molecule has 0 amide bonds. The minimum absolute atomic E-state index is 0.0800. The van der Waals surface area contributed by atoms with Crippen LogP contribution in [0.5, 0.6) is 11.5 Å². The Bertz CT molecular complexity index is 288. The van der Waals surface area contributed by atoms with E-state index < -0.39 is 6.10 Å². The number of rotatable bonds is 6. The van der Waals surface area contributed by atoms with Gasteiger partial charge in [0.15, 0.2) is 11.5 Å². The smallest absolute Gasteiger partial charge is 0.161 e. The van der Waals surface area contributed by atoms with Gasteiger partial charge in [-0.05, 0) is 18.6 Å². The Labute approximate surface area is 89.1 Å². The van der Waals surface area contributed by atoms with Gasteiger partial charge in [-0.3, -0.25) is 0 Å². The van der Waals surface area contributed by atoms with Gasteiger partial charge < -0.3 is 19.7 Å². The minimum atomic E-state index is -0.579. The molecule has 0 fully saturated rings. The zero-order valence-electron chi connectivity index (χ0n) is 8.72. The molecule has 1 aromatic rings. The largest absolute Gasteiger partial charge is 0.504 e. The lowest BCUT2D eigenvalue weighted by Crippen LogP contribution is -2.19. The quantitative estimate of drug-likeness (QED) is 0.743. The third-order valence-corrected chi connectivity index (χ3v) is 1.95. The fourth-order valence-electron chi connectivity index (χ4n) is 1.10. The zero-order chi connectivity index (χ0) is 11.1. The maximum absolute atomic E-state index is 9.45. The molecule has 0 saturated heterocycles. The third-order valence-electron chi connectivity index (χ3n) is 1.95. The summed E-state index contributed by atoms with van der Waals surface area (Å²) in [5.74, 6) is 0.463. The topological polar surface area (TPSA) is 58.9 Å². The van der Waals surface area contributed by atoms with Crippen molar-refractivity contribution in [1.29, 1.82) is 0 Å². The molecule has 0 bridgehead atoms. The fourth-order valence-corrected chi connectivity index (χ4v) is 1.10. The van der Waals surface area contributed by atoms with Crippen molar-refractivity contribution in [3.63, 3.8) is 0 Å². The standard InChI is InChI=1S/C11H16O4/c1-14-7-6-9(12)8-15-11-5-3-2-4-10(11)13/h2-5,9,12-13H,6-8H2,1H3. The summed E-state index contributed by atoms with van der Waals surface area (Å²) < 4.78 is 10.1. The lowest BCUT2D eigenvalue weighted by atomic mass is 10.3. The highest BCUT2D eigenvalue weighted by Gasteiger charge is 2.06. The molecule has 1 atom stereocenters. The maximum Gasteiger partial charge on any atom is 0.161 e. The van der Waals surface area contributed by atoms with Crippen molar-refractivity contribution in [2.45, 2.75) is 12.5 Å². The van der Waals surface area contributed by atoms with E-state index in [-0.39, 0.29) is 12.4 Å². The van der Waals surface area contributed by atoms with Crippen molar-refractivity contribution in [3.05, 3.63) is 24.3 Å². The van der Waals surface area contributed by atoms with E-state index >= 15 is 0 Å². The van der Waals surface area contributed by atoms with Gasteiger partial charge in [-0.1, -0.05) is 12.1 Å². The lowest BCUT2D eigenvalue weighted by Gasteiger charge is -2.12. The van der Waals surface area contributed by atoms with Crippen molar-refractivity contribution >= 4 is 0 Å². The van der Waals surface area contributed by atoms with Crippen LogP contribution in [0.2, 0.25) is 0 Å². The molecule has 4 heteroatoms. The summed E-state index contributed by atoms with van der Waals surface area (Å²) in [4.78, 5) is 0. The number of ether oxygens (including phenoxy) is 2. The van der Waals surface area contributed by atoms with E-state index in [1.54, 1.807) is 25.3 Å². The highest BCUT2D eigenvalue weighted by atomic mass is 16.5. The lowest BCUT2D eigenvalue weighted by molar-refractivity contribution is 0.0697. The van der Waals surface area contributed by atoms with E-state index in [2.05, 4.69) is 0 Å². The first-order valence-electron chi connectivity index (χ1n) is 4.82. The molecule has 1 rings (SSSR count). The maximum atomic E-state index is 9.45. The van der Waals surface area contributed by atoms with E-state index in [0.29, 0.717) is 18.8 Å². The molecule has 0 aromatic heterocycles. The molecule has 0 aliphatic heterocycles. The number of methoxy groups -OCH3 is 1. The number of hydrogen-bond acceptors (Lipinski definition) is 4. The molecule has 15 heavy (non-hydrogen) atoms. The molecule has 1 aromatic carbocycles. The van der Waals surface area contributed by atoms with Gasteiger partial charge in [0.05, 0.1) is 6.10 Å². The minimum Gasteiger partial charge on any atom is -0.504 e. The second-order valence-corrected chi connectivity index (χ2v) is 3.21. The number of phenolic OH excluding ortho intramolecular Hbond substituents is 1. The molecule has 0 heterocycles. The summed E-state index contributed by atoms with van der Waals surface area (Å²) in [5, 5.41) is 18.8. The predicted molar refractivity (Wildman–Crippen MR) is 56.1 cm³/mol. The highest BCUT2D eigenvalue weighted by molar-refractivity contribution is 5.37. The first-order chi connectivity index (χ1) is 7.24. The Balaban J connectivity index is 2.33. The van der Waals surface area contributed by atoms with Crippen LogP contribution in [0.4, 0.5) is 0 Å². The fraction of sp³-hybridized carbons (Fsp3) is 0.455. The normalized spacial score (nSPS) is 12.4. The first kappa shape index (κ1) is 11.8. The molecule has 0 radical (unpaired) electrons. The number of aliphatic hydroxyl groups is 1. The average Bonchev–Trinajstić information content (AvgIpc) is 2.25. The number of phenols is 1. The molecule has 4 nitrogen and oxygen atoms in total. The van der Waals surface area contributed by atoms with Gasteiger partial charge in [0, 0.05) is 13.7 Å². The van der Waals surface area contributed by atoms with Crippen LogP contribution in [-0.4, -0.2) is 36.6 Å². The van der Waals surface area contributed by atoms with Gasteiger partial charge in [0.1, 0.15) is 6.61 Å². The van der Waals surface area contributed by atoms with Crippen LogP contribution < -0.4 is 4.74 Å². The summed E-state index contributed by atoms with van der Waals surface area (Å²) in [6.45, 7) is 0.645. The number of aromatic hydroxyl groups is 1. The number of para-hydroxylation sites is 2. The predicted octanol–water partition coefficient (Wildman–Crippen LogP) is 1.17. The van der Waals surface area contributed by atoms with Crippen LogP contribution in [-0.2, 0) is 4.74 Å². The van der Waals surface area contributed by atoms with Crippen LogP contribution in [0.15, 0.2) is 24.3 Å². The van der Waals surface area contributed by atoms with Crippen molar-refractivity contribution in [3.8, 4) is 11.5 Å². The first-order valence-corrected chi connectivity index (χ1v) is 4.82. The van der Waals surface area contributed by atoms with Gasteiger partial charge in [-0.25, -0.2) is 0 Å². The Morgan fingerprint density at radius 3 is 2.73 bits per heavy atom. The van der Waals surface area contributed by atoms with Gasteiger partial charge in [0.2, 0.25) is 0 Å². The van der Waals surface area contributed by atoms with Gasteiger partial charge in [-0.15, -0.1) is 0 Å². The van der Waals surface area contributed by atoms with E-state index in [4.69, 9.17) is 9.47 Å². The Hall–Kier alpha value is -1.26. The molecule has 0 aliphatic rings. The van der Waals surface area contributed by atoms with Crippen LogP contribution >= 0.6 is 0 Å². The van der Waals surface area contributed by atoms with E-state index in [1.807, 2.05) is 0 Å². The third kappa shape index (κ3) is 4.18. The van der Waals surface area contributed by atoms with E-state index in [1.165, 1.54) is 6.07 Å². The van der Waals surface area contributed by atoms with Gasteiger partial charge in [0.25, 0.3) is 0 Å². The summed E-state index contributed by atoms with van der Waals surface area (Å²) in [6.07, 6.45) is -0.0612. The van der Waals surface area contributed by atoms with Crippen molar-refractivity contribution < 1.29 is 19.7 Å². The van der Waals surface area contributed by atoms with Crippen LogP contribution in [0.1, 0.15) is 6.42 Å². The molecule has 0 aliphatic carbocycles. The van der Waals surface area contributed by atoms with Gasteiger partial charge in [-0.2, -0.15) is 0 Å². The molecular weight excluding hydrogens is 196 g/mol. The Morgan fingerprint density at radius 2 is 2.07 bits per heavy atom. The van der Waals surface area contributed by atoms with Crippen LogP contribution in [0.3, 0.4) is 0 Å². The number of benzene rings is 1. The molecule has 84 valence electrons. The van der Waals surface area contributed by atoms with E-state index in [9.17, 15) is 10.2 Å². The molecular formula is C11H16O4. The summed E-state index contributed by atoms with van der Waals surface area (Å²) >= 11 is 0. The molecule has 0 saturated carbocycles. The van der Waals surface area contributed by atoms with Crippen molar-refractivity contribution in [2.24, 2.45) is 0 Å². The van der Waals surface area contributed by atoms with Crippen LogP contribution in [0, 0.1) is 0 Å². The van der Waals surface area contributed by atoms with E-state index in [0.717, 1.165) is 0 Å². The summed E-state index contributed by atoms with van der Waals surface area (Å²) in [5.41, 5.74) is 0. The van der Waals surface area contributed by atoms with Crippen molar-refractivity contribution in [1.82, 2.24) is 0 Å². The summed E-state index contributed by atoms with van der Waals surface area (Å²) in [6, 6.07) is 6.66. The second kappa shape index (κ2) is 6.27. The average molecular weight is 212 g/mol. The molecule has 2 N–H and O–H groups in total. The Kier molecular flexibility index (Phi) is 4.93. The van der Waals surface area contributed by atoms with Gasteiger partial charge >= 0.3 is 0 Å². The monoisotopic (exact) mass is 212 g/mol. The number of aliphatic hydroxyl groups excluding tert-OH is 1. The molecule has 0 spiro atoms. The van der Waals surface area contributed by atoms with Crippen molar-refractivity contribution in [2.75, 3.05) is 20.3 Å². The number of hydrogen-bond donors (Lipinski definition) is 2. The highest BCUT2D eigenvalue weighted by Crippen LogP contribution is 2.24. The second-order valence-electron chi connectivity index (χ2n) is 3.21. The SMILES string of the molecule is COCCC(O)COc1ccccc1O. The summed E-state index contributed by atoms with van der Waals surface area (Å²) in [7, 11) is 1.58. The zero-order valence-corrected chi connectivity index (χ0v) is 8.72. The molecule has 1 unspecified atom stereocenters. The van der Waals surface area contributed by atoms with Crippen LogP contribution in [0.25, 0.3) is 0 Å².